The second-order valence-electron chi connectivity index (χ2n) is 6.11. The fourth-order valence-electron chi connectivity index (χ4n) is 3.46. The van der Waals surface area contributed by atoms with Crippen LogP contribution in [0.15, 0.2) is 72.8 Å². The Kier molecular flexibility index (Phi) is 3.58. The quantitative estimate of drug-likeness (QED) is 0.698. The molecule has 0 spiro atoms. The molecule has 0 fully saturated rings. The van der Waals surface area contributed by atoms with Gasteiger partial charge in [0, 0.05) is 0 Å². The molecule has 118 valence electrons. The third-order valence-corrected chi connectivity index (χ3v) is 4.58. The molecule has 0 radical (unpaired) electrons. The molecule has 0 aromatic heterocycles. The lowest BCUT2D eigenvalue weighted by molar-refractivity contribution is 0.474. The molecular weight excluding hydrogens is 296 g/mol. The van der Waals surface area contributed by atoms with E-state index in [4.69, 9.17) is 0 Å². The molecule has 0 unspecified atom stereocenters. The van der Waals surface area contributed by atoms with Gasteiger partial charge in [0.25, 0.3) is 0 Å². The predicted molar refractivity (Wildman–Crippen MR) is 96.9 cm³/mol. The first-order valence-electron chi connectivity index (χ1n) is 8.12. The molecule has 0 amide bonds. The summed E-state index contributed by atoms with van der Waals surface area (Å²) in [5.41, 5.74) is 7.14. The van der Waals surface area contributed by atoms with Gasteiger partial charge in [-0.15, -0.1) is 0 Å². The van der Waals surface area contributed by atoms with E-state index in [2.05, 4.69) is 12.1 Å². The average Bonchev–Trinajstić information content (AvgIpc) is 2.62. The van der Waals surface area contributed by atoms with Crippen LogP contribution in [-0.4, -0.2) is 10.2 Å². The number of hydrogen-bond acceptors (Lipinski definition) is 2. The van der Waals surface area contributed by atoms with Crippen LogP contribution in [0.1, 0.15) is 28.7 Å². The second-order valence-corrected chi connectivity index (χ2v) is 6.11. The Hall–Kier alpha value is -3.00. The van der Waals surface area contributed by atoms with E-state index in [0.717, 1.165) is 18.4 Å². The lowest BCUT2D eigenvalue weighted by Gasteiger charge is -2.24. The molecule has 0 saturated heterocycles. The van der Waals surface area contributed by atoms with Crippen molar-refractivity contribution >= 4 is 11.1 Å². The molecule has 3 aromatic rings. The normalized spacial score (nSPS) is 13.7. The van der Waals surface area contributed by atoms with Gasteiger partial charge < -0.3 is 10.2 Å². The molecule has 0 atom stereocenters. The predicted octanol–water partition coefficient (Wildman–Crippen LogP) is 5.00. The van der Waals surface area contributed by atoms with E-state index in [1.54, 1.807) is 18.2 Å². The van der Waals surface area contributed by atoms with Gasteiger partial charge in [0.2, 0.25) is 0 Å². The minimum absolute atomic E-state index is 0.279. The van der Waals surface area contributed by atoms with Crippen molar-refractivity contribution < 1.29 is 10.2 Å². The first kappa shape index (κ1) is 14.6. The van der Waals surface area contributed by atoms with Crippen molar-refractivity contribution in [1.82, 2.24) is 0 Å². The van der Waals surface area contributed by atoms with Gasteiger partial charge in [-0.1, -0.05) is 48.5 Å². The van der Waals surface area contributed by atoms with Crippen LogP contribution in [0.4, 0.5) is 0 Å². The fourth-order valence-corrected chi connectivity index (χ4v) is 3.46. The number of hydrogen-bond donors (Lipinski definition) is 2. The Bertz CT molecular complexity index is 906. The molecular formula is C22H18O2. The standard InChI is InChI=1S/C22H18O2/c23-18-9-6-15(7-10-18)20-12-8-17-14-19(24)11-13-21(17)22(20)16-4-2-1-3-5-16/h1-7,9-11,13-14,23-24H,8,12H2. The maximum Gasteiger partial charge on any atom is 0.115 e. The van der Waals surface area contributed by atoms with Crippen molar-refractivity contribution in [2.45, 2.75) is 12.8 Å². The molecule has 0 bridgehead atoms. The fraction of sp³-hybridized carbons (Fsp3) is 0.0909. The molecule has 0 aliphatic heterocycles. The maximum absolute atomic E-state index is 9.81. The van der Waals surface area contributed by atoms with Crippen molar-refractivity contribution in [3.63, 3.8) is 0 Å². The molecule has 0 heterocycles. The number of phenols is 2. The summed E-state index contributed by atoms with van der Waals surface area (Å²) in [7, 11) is 0. The zero-order chi connectivity index (χ0) is 16.5. The highest BCUT2D eigenvalue weighted by Gasteiger charge is 2.21. The van der Waals surface area contributed by atoms with Crippen LogP contribution in [0.5, 0.6) is 11.5 Å². The number of rotatable bonds is 2. The zero-order valence-corrected chi connectivity index (χ0v) is 13.2. The van der Waals surface area contributed by atoms with Crippen molar-refractivity contribution in [2.75, 3.05) is 0 Å². The van der Waals surface area contributed by atoms with Crippen LogP contribution in [0.2, 0.25) is 0 Å². The summed E-state index contributed by atoms with van der Waals surface area (Å²) < 4.78 is 0. The molecule has 2 heteroatoms. The number of benzene rings is 3. The first-order valence-corrected chi connectivity index (χ1v) is 8.12. The highest BCUT2D eigenvalue weighted by molar-refractivity contribution is 6.00. The third-order valence-electron chi connectivity index (χ3n) is 4.58. The van der Waals surface area contributed by atoms with Crippen molar-refractivity contribution in [3.05, 3.63) is 95.1 Å². The molecule has 2 N–H and O–H groups in total. The van der Waals surface area contributed by atoms with Gasteiger partial charge in [0.1, 0.15) is 11.5 Å². The molecule has 1 aliphatic rings. The SMILES string of the molecule is Oc1ccc(C2=C(c3ccccc3)c3ccc(O)cc3CC2)cc1. The van der Waals surface area contributed by atoms with Crippen LogP contribution in [-0.2, 0) is 6.42 Å². The third kappa shape index (κ3) is 2.56. The van der Waals surface area contributed by atoms with E-state index >= 15 is 0 Å². The van der Waals surface area contributed by atoms with Gasteiger partial charge in [-0.05, 0) is 70.5 Å². The van der Waals surface area contributed by atoms with Crippen molar-refractivity contribution in [3.8, 4) is 11.5 Å². The number of aromatic hydroxyl groups is 2. The first-order chi connectivity index (χ1) is 11.7. The number of allylic oxidation sites excluding steroid dienone is 1. The summed E-state index contributed by atoms with van der Waals surface area (Å²) in [6.07, 6.45) is 1.81. The van der Waals surface area contributed by atoms with Crippen LogP contribution in [0, 0.1) is 0 Å². The van der Waals surface area contributed by atoms with Gasteiger partial charge in [-0.2, -0.15) is 0 Å². The summed E-state index contributed by atoms with van der Waals surface area (Å²) in [5.74, 6) is 0.594. The smallest absolute Gasteiger partial charge is 0.115 e. The highest BCUT2D eigenvalue weighted by Crippen LogP contribution is 2.41. The van der Waals surface area contributed by atoms with E-state index in [0.29, 0.717) is 5.75 Å². The van der Waals surface area contributed by atoms with Gasteiger partial charge in [0.05, 0.1) is 0 Å². The second kappa shape index (κ2) is 5.89. The molecule has 0 saturated carbocycles. The van der Waals surface area contributed by atoms with Crippen LogP contribution in [0.25, 0.3) is 11.1 Å². The van der Waals surface area contributed by atoms with E-state index in [9.17, 15) is 10.2 Å². The summed E-state index contributed by atoms with van der Waals surface area (Å²) in [6, 6.07) is 23.4. The van der Waals surface area contributed by atoms with Crippen molar-refractivity contribution in [1.29, 1.82) is 0 Å². The molecule has 2 nitrogen and oxygen atoms in total. The van der Waals surface area contributed by atoms with E-state index in [1.165, 1.54) is 27.8 Å². The Labute approximate surface area is 141 Å². The number of aryl methyl sites for hydroxylation is 1. The highest BCUT2D eigenvalue weighted by atomic mass is 16.3. The summed E-state index contributed by atoms with van der Waals surface area (Å²) >= 11 is 0. The van der Waals surface area contributed by atoms with Gasteiger partial charge >= 0.3 is 0 Å². The van der Waals surface area contributed by atoms with Crippen LogP contribution >= 0.6 is 0 Å². The monoisotopic (exact) mass is 314 g/mol. The van der Waals surface area contributed by atoms with Gasteiger partial charge in [0.15, 0.2) is 0 Å². The minimum atomic E-state index is 0.279. The van der Waals surface area contributed by atoms with E-state index in [-0.39, 0.29) is 5.75 Å². The molecule has 3 aromatic carbocycles. The summed E-state index contributed by atoms with van der Waals surface area (Å²) in [6.45, 7) is 0. The topological polar surface area (TPSA) is 40.5 Å². The van der Waals surface area contributed by atoms with E-state index in [1.807, 2.05) is 42.5 Å². The Morgan fingerprint density at radius 2 is 1.33 bits per heavy atom. The number of phenolic OH excluding ortho intramolecular Hbond substituents is 2. The Morgan fingerprint density at radius 1 is 0.625 bits per heavy atom. The molecule has 1 aliphatic carbocycles. The van der Waals surface area contributed by atoms with Gasteiger partial charge in [-0.25, -0.2) is 0 Å². The summed E-state index contributed by atoms with van der Waals surface area (Å²) in [5, 5.41) is 19.4. The average molecular weight is 314 g/mol. The van der Waals surface area contributed by atoms with Crippen LogP contribution < -0.4 is 0 Å². The summed E-state index contributed by atoms with van der Waals surface area (Å²) in [4.78, 5) is 0. The Morgan fingerprint density at radius 3 is 2.08 bits per heavy atom. The van der Waals surface area contributed by atoms with Crippen molar-refractivity contribution in [2.24, 2.45) is 0 Å². The maximum atomic E-state index is 9.81. The van der Waals surface area contributed by atoms with E-state index < -0.39 is 0 Å². The lowest BCUT2D eigenvalue weighted by atomic mass is 9.79. The minimum Gasteiger partial charge on any atom is -0.508 e. The molecule has 4 rings (SSSR count). The van der Waals surface area contributed by atoms with Crippen LogP contribution in [0.3, 0.4) is 0 Å². The lowest BCUT2D eigenvalue weighted by Crippen LogP contribution is -2.06. The largest absolute Gasteiger partial charge is 0.508 e. The molecule has 24 heavy (non-hydrogen) atoms. The number of fused-ring (bicyclic) bond motifs is 1. The van der Waals surface area contributed by atoms with Gasteiger partial charge in [-0.3, -0.25) is 0 Å². The zero-order valence-electron chi connectivity index (χ0n) is 13.2. The Balaban J connectivity index is 1.98.